The van der Waals surface area contributed by atoms with E-state index in [1.807, 2.05) is 0 Å². The summed E-state index contributed by atoms with van der Waals surface area (Å²) in [6, 6.07) is 50.3. The van der Waals surface area contributed by atoms with Gasteiger partial charge in [0.15, 0.2) is 5.82 Å². The Hall–Kier alpha value is -5.58. The van der Waals surface area contributed by atoms with Gasteiger partial charge in [0.1, 0.15) is 0 Å². The first-order valence-corrected chi connectivity index (χ1v) is 16.9. The van der Waals surface area contributed by atoms with Crippen molar-refractivity contribution in [1.29, 1.82) is 0 Å². The summed E-state index contributed by atoms with van der Waals surface area (Å²) in [5, 5.41) is 3.68. The molecule has 0 atom stereocenters. The van der Waals surface area contributed by atoms with Crippen LogP contribution in [0.15, 0.2) is 140 Å². The highest BCUT2D eigenvalue weighted by Crippen LogP contribution is 2.49. The zero-order valence-electron chi connectivity index (χ0n) is 26.0. The summed E-state index contributed by atoms with van der Waals surface area (Å²) in [6.45, 7) is 4.65. The molecular formula is C43H29N3S. The Morgan fingerprint density at radius 2 is 1.23 bits per heavy atom. The van der Waals surface area contributed by atoms with Crippen molar-refractivity contribution in [3.05, 3.63) is 151 Å². The third-order valence-corrected chi connectivity index (χ3v) is 11.2. The molecule has 0 amide bonds. The number of hydrogen-bond acceptors (Lipinski definition) is 3. The minimum atomic E-state index is -0.0966. The second-order valence-corrected chi connectivity index (χ2v) is 14.1. The highest BCUT2D eigenvalue weighted by atomic mass is 32.1. The van der Waals surface area contributed by atoms with Crippen LogP contribution in [-0.4, -0.2) is 14.5 Å². The maximum absolute atomic E-state index is 5.40. The molecule has 47 heavy (non-hydrogen) atoms. The maximum Gasteiger partial charge on any atom is 0.160 e. The van der Waals surface area contributed by atoms with E-state index in [4.69, 9.17) is 9.97 Å². The molecule has 1 aliphatic carbocycles. The molecule has 0 N–H and O–H groups in total. The second kappa shape index (κ2) is 9.71. The molecule has 0 radical (unpaired) electrons. The Balaban J connectivity index is 1.21. The number of fused-ring (bicyclic) bond motifs is 9. The summed E-state index contributed by atoms with van der Waals surface area (Å²) in [5.41, 5.74) is 12.8. The quantitative estimate of drug-likeness (QED) is 0.197. The standard InChI is InChI=1S/C43H29N3S/c1-43(2)34-18-7-3-14-29(34)30-23-22-27(25-35(30)43)42-44-39(41-40(45-42)33-17-6-10-21-38(33)47-41)26-12-11-13-28(24-26)46-36-19-8-4-15-31(36)32-16-5-9-20-37(32)46/h3-25H,1-2H3. The van der Waals surface area contributed by atoms with Gasteiger partial charge in [0.25, 0.3) is 0 Å². The van der Waals surface area contributed by atoms with Gasteiger partial charge in [-0.25, -0.2) is 9.97 Å². The van der Waals surface area contributed by atoms with Gasteiger partial charge in [0.2, 0.25) is 0 Å². The van der Waals surface area contributed by atoms with Gasteiger partial charge in [-0.2, -0.15) is 0 Å². The number of aromatic nitrogens is 3. The van der Waals surface area contributed by atoms with Crippen molar-refractivity contribution in [3.63, 3.8) is 0 Å². The summed E-state index contributed by atoms with van der Waals surface area (Å²) in [6.07, 6.45) is 0. The summed E-state index contributed by atoms with van der Waals surface area (Å²) >= 11 is 1.78. The van der Waals surface area contributed by atoms with Crippen molar-refractivity contribution in [2.45, 2.75) is 19.3 Å². The number of rotatable bonds is 3. The molecule has 0 unspecified atom stereocenters. The van der Waals surface area contributed by atoms with Crippen LogP contribution in [0.5, 0.6) is 0 Å². The Kier molecular flexibility index (Phi) is 5.50. The van der Waals surface area contributed by atoms with Gasteiger partial charge < -0.3 is 4.57 Å². The number of benzene rings is 6. The normalized spacial score (nSPS) is 13.5. The van der Waals surface area contributed by atoms with Crippen LogP contribution < -0.4 is 0 Å². The van der Waals surface area contributed by atoms with Gasteiger partial charge in [-0.15, -0.1) is 11.3 Å². The highest BCUT2D eigenvalue weighted by Gasteiger charge is 2.35. The number of nitrogens with zero attached hydrogens (tertiary/aromatic N) is 3. The molecule has 3 heterocycles. The summed E-state index contributed by atoms with van der Waals surface area (Å²) in [4.78, 5) is 10.7. The molecule has 0 bridgehead atoms. The molecule has 4 heteroatoms. The fourth-order valence-electron chi connectivity index (χ4n) is 7.75. The lowest BCUT2D eigenvalue weighted by atomic mass is 9.82. The van der Waals surface area contributed by atoms with Gasteiger partial charge in [-0.3, -0.25) is 0 Å². The molecular weight excluding hydrogens is 591 g/mol. The minimum Gasteiger partial charge on any atom is -0.309 e. The lowest BCUT2D eigenvalue weighted by Gasteiger charge is -2.21. The fraction of sp³-hybridized carbons (Fsp3) is 0.0698. The smallest absolute Gasteiger partial charge is 0.160 e. The maximum atomic E-state index is 5.40. The van der Waals surface area contributed by atoms with E-state index < -0.39 is 0 Å². The lowest BCUT2D eigenvalue weighted by molar-refractivity contribution is 0.660. The Labute approximate surface area is 276 Å². The van der Waals surface area contributed by atoms with Gasteiger partial charge in [-0.05, 0) is 58.7 Å². The number of para-hydroxylation sites is 2. The molecule has 3 nitrogen and oxygen atoms in total. The zero-order valence-corrected chi connectivity index (χ0v) is 26.8. The molecule has 0 aliphatic heterocycles. The van der Waals surface area contributed by atoms with Crippen molar-refractivity contribution in [2.75, 3.05) is 0 Å². The van der Waals surface area contributed by atoms with Crippen LogP contribution in [0.25, 0.3) is 81.6 Å². The van der Waals surface area contributed by atoms with Crippen molar-refractivity contribution in [3.8, 4) is 39.5 Å². The van der Waals surface area contributed by atoms with Crippen LogP contribution in [0.3, 0.4) is 0 Å². The highest BCUT2D eigenvalue weighted by molar-refractivity contribution is 7.26. The molecule has 6 aromatic carbocycles. The molecule has 0 fully saturated rings. The third kappa shape index (κ3) is 3.79. The van der Waals surface area contributed by atoms with E-state index in [1.54, 1.807) is 11.3 Å². The fourth-order valence-corrected chi connectivity index (χ4v) is 8.91. The van der Waals surface area contributed by atoms with Gasteiger partial charge in [0, 0.05) is 43.1 Å². The first-order valence-electron chi connectivity index (χ1n) is 16.1. The largest absolute Gasteiger partial charge is 0.309 e. The molecule has 3 aromatic heterocycles. The van der Waals surface area contributed by atoms with E-state index in [-0.39, 0.29) is 5.41 Å². The van der Waals surface area contributed by atoms with Crippen LogP contribution in [0.2, 0.25) is 0 Å². The van der Waals surface area contributed by atoms with Crippen LogP contribution in [0, 0.1) is 0 Å². The van der Waals surface area contributed by atoms with Crippen molar-refractivity contribution in [1.82, 2.24) is 14.5 Å². The van der Waals surface area contributed by atoms with Crippen molar-refractivity contribution < 1.29 is 0 Å². The van der Waals surface area contributed by atoms with E-state index in [1.165, 1.54) is 54.1 Å². The van der Waals surface area contributed by atoms with E-state index in [9.17, 15) is 0 Å². The molecule has 1 aliphatic rings. The monoisotopic (exact) mass is 619 g/mol. The molecule has 222 valence electrons. The number of thiophene rings is 1. The van der Waals surface area contributed by atoms with Gasteiger partial charge >= 0.3 is 0 Å². The third-order valence-electron chi connectivity index (χ3n) is 10.0. The van der Waals surface area contributed by atoms with Crippen LogP contribution >= 0.6 is 11.3 Å². The molecule has 9 aromatic rings. The van der Waals surface area contributed by atoms with Crippen molar-refractivity contribution in [2.24, 2.45) is 0 Å². The minimum absolute atomic E-state index is 0.0966. The van der Waals surface area contributed by atoms with Crippen LogP contribution in [0.4, 0.5) is 0 Å². The predicted molar refractivity (Wildman–Crippen MR) is 198 cm³/mol. The Morgan fingerprint density at radius 3 is 2.04 bits per heavy atom. The molecule has 0 spiro atoms. The van der Waals surface area contributed by atoms with E-state index in [0.29, 0.717) is 0 Å². The molecule has 0 saturated heterocycles. The first kappa shape index (κ1) is 26.6. The predicted octanol–water partition coefficient (Wildman–Crippen LogP) is 11.6. The summed E-state index contributed by atoms with van der Waals surface area (Å²) in [7, 11) is 0. The van der Waals surface area contributed by atoms with Crippen LogP contribution in [-0.2, 0) is 5.41 Å². The topological polar surface area (TPSA) is 30.7 Å². The Bertz CT molecular complexity index is 2670. The second-order valence-electron chi connectivity index (χ2n) is 13.0. The Morgan fingerprint density at radius 1 is 0.553 bits per heavy atom. The molecule has 0 saturated carbocycles. The molecule has 10 rings (SSSR count). The summed E-state index contributed by atoms with van der Waals surface area (Å²) < 4.78 is 4.71. The lowest BCUT2D eigenvalue weighted by Crippen LogP contribution is -2.15. The number of hydrogen-bond donors (Lipinski definition) is 0. The average molecular weight is 620 g/mol. The average Bonchev–Trinajstić information content (AvgIpc) is 3.74. The van der Waals surface area contributed by atoms with Gasteiger partial charge in [0.05, 0.1) is 26.9 Å². The van der Waals surface area contributed by atoms with E-state index >= 15 is 0 Å². The summed E-state index contributed by atoms with van der Waals surface area (Å²) in [5.74, 6) is 0.757. The van der Waals surface area contributed by atoms with E-state index in [2.05, 4.69) is 158 Å². The van der Waals surface area contributed by atoms with E-state index in [0.717, 1.165) is 38.5 Å². The van der Waals surface area contributed by atoms with Crippen molar-refractivity contribution >= 4 is 53.4 Å². The zero-order chi connectivity index (χ0) is 31.3. The SMILES string of the molecule is CC1(C)c2ccccc2-c2ccc(-c3nc(-c4cccc(-n5c6ccccc6c6ccccc65)c4)c4sc5ccccc5c4n3)cc21. The van der Waals surface area contributed by atoms with Crippen LogP contribution in [0.1, 0.15) is 25.0 Å². The first-order chi connectivity index (χ1) is 23.1. The van der Waals surface area contributed by atoms with Gasteiger partial charge in [-0.1, -0.05) is 117 Å².